The fourth-order valence-electron chi connectivity index (χ4n) is 3.71. The van der Waals surface area contributed by atoms with Crippen LogP contribution in [0.2, 0.25) is 0 Å². The second kappa shape index (κ2) is 6.57. The van der Waals surface area contributed by atoms with Gasteiger partial charge in [0.15, 0.2) is 0 Å². The average molecular weight is 281 g/mol. The molecule has 5 nitrogen and oxygen atoms in total. The van der Waals surface area contributed by atoms with Gasteiger partial charge >= 0.3 is 0 Å². The average Bonchev–Trinajstić information content (AvgIpc) is 2.92. The lowest BCUT2D eigenvalue weighted by Gasteiger charge is -2.38. The maximum Gasteiger partial charge on any atom is 0.237 e. The summed E-state index contributed by atoms with van der Waals surface area (Å²) in [6, 6.07) is 0.0902. The number of nitrogens with zero attached hydrogens (tertiary/aromatic N) is 1. The third kappa shape index (κ3) is 3.32. The van der Waals surface area contributed by atoms with Crippen LogP contribution in [0.1, 0.15) is 51.9 Å². The topological polar surface area (TPSA) is 89.4 Å². The Labute approximate surface area is 121 Å². The Morgan fingerprint density at radius 2 is 1.75 bits per heavy atom. The van der Waals surface area contributed by atoms with Gasteiger partial charge in [-0.05, 0) is 31.6 Å². The van der Waals surface area contributed by atoms with Crippen molar-refractivity contribution in [3.63, 3.8) is 0 Å². The standard InChI is InChI=1S/C15H27N3O2/c1-10-5-4-8-12(14(10)17)15(20)18(9-13(16)19)11-6-2-3-7-11/h10-12,14H,2-9,17H2,1H3,(H2,16,19). The minimum atomic E-state index is -0.428. The van der Waals surface area contributed by atoms with Gasteiger partial charge in [0.2, 0.25) is 11.8 Å². The summed E-state index contributed by atoms with van der Waals surface area (Å²) in [4.78, 5) is 25.8. The SMILES string of the molecule is CC1CCCC(C(=O)N(CC(N)=O)C2CCCC2)C1N. The van der Waals surface area contributed by atoms with Gasteiger partial charge in [-0.1, -0.05) is 26.2 Å². The summed E-state index contributed by atoms with van der Waals surface area (Å²) in [7, 11) is 0. The Hall–Kier alpha value is -1.10. The number of amides is 2. The molecule has 5 heteroatoms. The van der Waals surface area contributed by atoms with Crippen molar-refractivity contribution in [2.45, 2.75) is 64.0 Å². The van der Waals surface area contributed by atoms with E-state index in [1.165, 1.54) is 0 Å². The first-order valence-electron chi connectivity index (χ1n) is 7.85. The molecule has 0 aliphatic heterocycles. The van der Waals surface area contributed by atoms with Crippen LogP contribution in [0.5, 0.6) is 0 Å². The number of hydrogen-bond donors (Lipinski definition) is 2. The molecule has 0 aromatic heterocycles. The molecule has 2 amide bonds. The monoisotopic (exact) mass is 281 g/mol. The van der Waals surface area contributed by atoms with Gasteiger partial charge in [0, 0.05) is 12.1 Å². The van der Waals surface area contributed by atoms with Gasteiger partial charge in [-0.15, -0.1) is 0 Å². The van der Waals surface area contributed by atoms with E-state index in [0.717, 1.165) is 44.9 Å². The Bertz CT molecular complexity index is 366. The zero-order chi connectivity index (χ0) is 14.7. The molecular formula is C15H27N3O2. The highest BCUT2D eigenvalue weighted by atomic mass is 16.2. The molecule has 114 valence electrons. The lowest BCUT2D eigenvalue weighted by Crippen LogP contribution is -2.53. The van der Waals surface area contributed by atoms with E-state index in [1.807, 2.05) is 0 Å². The minimum absolute atomic E-state index is 0.0428. The smallest absolute Gasteiger partial charge is 0.237 e. The molecule has 0 spiro atoms. The van der Waals surface area contributed by atoms with Crippen LogP contribution in [0.3, 0.4) is 0 Å². The van der Waals surface area contributed by atoms with Gasteiger partial charge in [-0.25, -0.2) is 0 Å². The van der Waals surface area contributed by atoms with Gasteiger partial charge in [0.1, 0.15) is 0 Å². The van der Waals surface area contributed by atoms with Crippen LogP contribution in [-0.2, 0) is 9.59 Å². The van der Waals surface area contributed by atoms with Crippen molar-refractivity contribution in [3.05, 3.63) is 0 Å². The molecule has 0 bridgehead atoms. The molecule has 2 fully saturated rings. The molecule has 0 heterocycles. The van der Waals surface area contributed by atoms with Gasteiger partial charge < -0.3 is 16.4 Å². The predicted molar refractivity (Wildman–Crippen MR) is 77.6 cm³/mol. The van der Waals surface area contributed by atoms with E-state index in [4.69, 9.17) is 11.5 Å². The largest absolute Gasteiger partial charge is 0.368 e. The summed E-state index contributed by atoms with van der Waals surface area (Å²) < 4.78 is 0. The van der Waals surface area contributed by atoms with Crippen molar-refractivity contribution in [3.8, 4) is 0 Å². The molecule has 20 heavy (non-hydrogen) atoms. The molecule has 2 saturated carbocycles. The van der Waals surface area contributed by atoms with E-state index in [0.29, 0.717) is 5.92 Å². The van der Waals surface area contributed by atoms with Gasteiger partial charge in [0.25, 0.3) is 0 Å². The zero-order valence-electron chi connectivity index (χ0n) is 12.4. The lowest BCUT2D eigenvalue weighted by atomic mass is 9.77. The normalized spacial score (nSPS) is 31.2. The number of hydrogen-bond acceptors (Lipinski definition) is 3. The number of carbonyl (C=O) groups is 2. The summed E-state index contributed by atoms with van der Waals surface area (Å²) in [5.74, 6) is -0.146. The van der Waals surface area contributed by atoms with E-state index in [2.05, 4.69) is 6.92 Å². The Balaban J connectivity index is 2.10. The summed E-state index contributed by atoms with van der Waals surface area (Å²) in [5.41, 5.74) is 11.6. The molecule has 2 aliphatic rings. The van der Waals surface area contributed by atoms with Crippen molar-refractivity contribution < 1.29 is 9.59 Å². The summed E-state index contributed by atoms with van der Waals surface area (Å²) in [5, 5.41) is 0. The third-order valence-corrected chi connectivity index (χ3v) is 4.99. The van der Waals surface area contributed by atoms with Crippen molar-refractivity contribution in [2.24, 2.45) is 23.3 Å². The molecule has 0 aromatic carbocycles. The Morgan fingerprint density at radius 3 is 2.35 bits per heavy atom. The molecule has 2 rings (SSSR count). The summed E-state index contributed by atoms with van der Waals surface area (Å²) >= 11 is 0. The molecule has 0 aromatic rings. The first-order valence-corrected chi connectivity index (χ1v) is 7.85. The Kier molecular flexibility index (Phi) is 5.02. The van der Waals surface area contributed by atoms with Gasteiger partial charge in [0.05, 0.1) is 12.5 Å². The van der Waals surface area contributed by atoms with E-state index >= 15 is 0 Å². The van der Waals surface area contributed by atoms with Crippen LogP contribution in [0.4, 0.5) is 0 Å². The number of rotatable bonds is 4. The molecule has 3 unspecified atom stereocenters. The van der Waals surface area contributed by atoms with Crippen molar-refractivity contribution in [1.82, 2.24) is 4.90 Å². The van der Waals surface area contributed by atoms with Crippen LogP contribution in [-0.4, -0.2) is 35.3 Å². The molecule has 2 aliphatic carbocycles. The van der Waals surface area contributed by atoms with Crippen molar-refractivity contribution in [1.29, 1.82) is 0 Å². The number of primary amides is 1. The third-order valence-electron chi connectivity index (χ3n) is 4.99. The molecule has 3 atom stereocenters. The fourth-order valence-corrected chi connectivity index (χ4v) is 3.71. The van der Waals surface area contributed by atoms with Crippen LogP contribution in [0, 0.1) is 11.8 Å². The number of carbonyl (C=O) groups excluding carboxylic acids is 2. The van der Waals surface area contributed by atoms with Crippen LogP contribution in [0.15, 0.2) is 0 Å². The first kappa shape index (κ1) is 15.3. The van der Waals surface area contributed by atoms with Crippen molar-refractivity contribution in [2.75, 3.05) is 6.54 Å². The molecule has 0 saturated heterocycles. The van der Waals surface area contributed by atoms with Gasteiger partial charge in [-0.3, -0.25) is 9.59 Å². The molecule has 0 radical (unpaired) electrons. The zero-order valence-corrected chi connectivity index (χ0v) is 12.4. The van der Waals surface area contributed by atoms with E-state index in [9.17, 15) is 9.59 Å². The second-order valence-corrected chi connectivity index (χ2v) is 6.46. The second-order valence-electron chi connectivity index (χ2n) is 6.46. The first-order chi connectivity index (χ1) is 9.50. The van der Waals surface area contributed by atoms with Crippen molar-refractivity contribution >= 4 is 11.8 Å². The quantitative estimate of drug-likeness (QED) is 0.805. The minimum Gasteiger partial charge on any atom is -0.368 e. The number of nitrogens with two attached hydrogens (primary N) is 2. The van der Waals surface area contributed by atoms with Crippen LogP contribution in [0.25, 0.3) is 0 Å². The fraction of sp³-hybridized carbons (Fsp3) is 0.867. The molecule has 4 N–H and O–H groups in total. The highest BCUT2D eigenvalue weighted by Crippen LogP contribution is 2.31. The van der Waals surface area contributed by atoms with E-state index in [-0.39, 0.29) is 30.5 Å². The lowest BCUT2D eigenvalue weighted by molar-refractivity contribution is -0.143. The van der Waals surface area contributed by atoms with E-state index < -0.39 is 5.91 Å². The van der Waals surface area contributed by atoms with Gasteiger partial charge in [-0.2, -0.15) is 0 Å². The predicted octanol–water partition coefficient (Wildman–Crippen LogP) is 1.01. The maximum absolute atomic E-state index is 12.8. The van der Waals surface area contributed by atoms with E-state index in [1.54, 1.807) is 4.90 Å². The highest BCUT2D eigenvalue weighted by molar-refractivity contribution is 5.86. The van der Waals surface area contributed by atoms with Crippen LogP contribution < -0.4 is 11.5 Å². The molecular weight excluding hydrogens is 254 g/mol. The Morgan fingerprint density at radius 1 is 1.10 bits per heavy atom. The van der Waals surface area contributed by atoms with Crippen LogP contribution >= 0.6 is 0 Å². The summed E-state index contributed by atoms with van der Waals surface area (Å²) in [6.45, 7) is 2.15. The summed E-state index contributed by atoms with van der Waals surface area (Å²) in [6.07, 6.45) is 7.19. The highest BCUT2D eigenvalue weighted by Gasteiger charge is 2.38. The maximum atomic E-state index is 12.8.